The van der Waals surface area contributed by atoms with E-state index in [1.165, 1.54) is 0 Å². The van der Waals surface area contributed by atoms with E-state index in [1.807, 2.05) is 42.2 Å². The number of nitrogens with zero attached hydrogens (tertiary/aromatic N) is 2. The van der Waals surface area contributed by atoms with Gasteiger partial charge in [0.15, 0.2) is 6.10 Å². The normalized spacial score (nSPS) is 15.4. The fourth-order valence-corrected chi connectivity index (χ4v) is 3.38. The van der Waals surface area contributed by atoms with Crippen LogP contribution in [-0.4, -0.2) is 49.7 Å². The van der Waals surface area contributed by atoms with Crippen molar-refractivity contribution in [3.05, 3.63) is 53.6 Å². The van der Waals surface area contributed by atoms with Crippen molar-refractivity contribution in [2.24, 2.45) is 0 Å². The third kappa shape index (κ3) is 4.66. The molecule has 5 nitrogen and oxygen atoms in total. The summed E-state index contributed by atoms with van der Waals surface area (Å²) in [6, 6.07) is 15.2. The molecule has 27 heavy (non-hydrogen) atoms. The number of para-hydroxylation sites is 3. The summed E-state index contributed by atoms with van der Waals surface area (Å²) in [5.74, 6) is 1.40. The first-order chi connectivity index (χ1) is 13.1. The first-order valence-corrected chi connectivity index (χ1v) is 9.64. The quantitative estimate of drug-likeness (QED) is 0.753. The predicted molar refractivity (Wildman–Crippen MR) is 108 cm³/mol. The van der Waals surface area contributed by atoms with E-state index in [2.05, 4.69) is 11.0 Å². The number of hydrogen-bond donors (Lipinski definition) is 0. The number of halogens is 1. The van der Waals surface area contributed by atoms with Crippen molar-refractivity contribution in [1.82, 2.24) is 4.90 Å². The van der Waals surface area contributed by atoms with Crippen LogP contribution in [0, 0.1) is 0 Å². The first-order valence-electron chi connectivity index (χ1n) is 9.27. The van der Waals surface area contributed by atoms with Crippen LogP contribution < -0.4 is 14.4 Å². The number of carbonyl (C=O) groups excluding carboxylic acids is 1. The zero-order valence-electron chi connectivity index (χ0n) is 15.7. The van der Waals surface area contributed by atoms with Gasteiger partial charge in [-0.1, -0.05) is 35.9 Å². The van der Waals surface area contributed by atoms with Crippen LogP contribution in [-0.2, 0) is 4.79 Å². The van der Waals surface area contributed by atoms with Crippen molar-refractivity contribution in [3.63, 3.8) is 0 Å². The Balaban J connectivity index is 1.59. The highest BCUT2D eigenvalue weighted by atomic mass is 35.5. The number of hydrogen-bond acceptors (Lipinski definition) is 4. The summed E-state index contributed by atoms with van der Waals surface area (Å²) in [7, 11) is 0. The lowest BCUT2D eigenvalue weighted by atomic mass is 10.2. The van der Waals surface area contributed by atoms with Gasteiger partial charge in [-0.3, -0.25) is 4.79 Å². The number of benzene rings is 2. The second-order valence-electron chi connectivity index (χ2n) is 6.40. The van der Waals surface area contributed by atoms with Gasteiger partial charge < -0.3 is 19.3 Å². The van der Waals surface area contributed by atoms with Gasteiger partial charge in [-0.25, -0.2) is 0 Å². The Labute approximate surface area is 165 Å². The van der Waals surface area contributed by atoms with Gasteiger partial charge in [-0.2, -0.15) is 0 Å². The van der Waals surface area contributed by atoms with E-state index in [0.717, 1.165) is 24.5 Å². The van der Waals surface area contributed by atoms with Crippen LogP contribution in [0.15, 0.2) is 48.5 Å². The van der Waals surface area contributed by atoms with Crippen molar-refractivity contribution < 1.29 is 14.3 Å². The van der Waals surface area contributed by atoms with Gasteiger partial charge in [0.2, 0.25) is 0 Å². The summed E-state index contributed by atoms with van der Waals surface area (Å²) < 4.78 is 11.5. The van der Waals surface area contributed by atoms with Crippen LogP contribution in [0.1, 0.15) is 13.8 Å². The maximum absolute atomic E-state index is 12.7. The smallest absolute Gasteiger partial charge is 0.263 e. The van der Waals surface area contributed by atoms with E-state index in [1.54, 1.807) is 19.1 Å². The van der Waals surface area contributed by atoms with Crippen molar-refractivity contribution in [3.8, 4) is 11.5 Å². The average Bonchev–Trinajstić information content (AvgIpc) is 2.70. The van der Waals surface area contributed by atoms with Crippen molar-refractivity contribution in [1.29, 1.82) is 0 Å². The predicted octanol–water partition coefficient (Wildman–Crippen LogP) is 3.85. The van der Waals surface area contributed by atoms with Gasteiger partial charge in [0.1, 0.15) is 11.5 Å². The Hall–Kier alpha value is -2.40. The van der Waals surface area contributed by atoms with Crippen LogP contribution in [0.5, 0.6) is 11.5 Å². The summed E-state index contributed by atoms with van der Waals surface area (Å²) in [4.78, 5) is 16.8. The number of amides is 1. The molecule has 0 saturated carbocycles. The molecule has 0 aromatic heterocycles. The van der Waals surface area contributed by atoms with E-state index >= 15 is 0 Å². The van der Waals surface area contributed by atoms with Gasteiger partial charge in [0, 0.05) is 26.2 Å². The minimum atomic E-state index is -0.577. The van der Waals surface area contributed by atoms with Gasteiger partial charge in [-0.05, 0) is 38.1 Å². The third-order valence-electron chi connectivity index (χ3n) is 4.59. The molecule has 1 aliphatic rings. The number of ether oxygens (including phenoxy) is 2. The number of rotatable bonds is 6. The van der Waals surface area contributed by atoms with E-state index in [4.69, 9.17) is 21.1 Å². The zero-order chi connectivity index (χ0) is 19.2. The molecule has 2 aromatic carbocycles. The lowest BCUT2D eigenvalue weighted by Gasteiger charge is -2.37. The van der Waals surface area contributed by atoms with Gasteiger partial charge in [-0.15, -0.1) is 0 Å². The highest BCUT2D eigenvalue weighted by molar-refractivity contribution is 6.32. The molecule has 3 rings (SSSR count). The molecular formula is C21H25ClN2O3. The van der Waals surface area contributed by atoms with Crippen LogP contribution in [0.25, 0.3) is 0 Å². The second-order valence-corrected chi connectivity index (χ2v) is 6.81. The molecule has 1 unspecified atom stereocenters. The van der Waals surface area contributed by atoms with Gasteiger partial charge in [0.25, 0.3) is 5.91 Å². The monoisotopic (exact) mass is 388 g/mol. The highest BCUT2D eigenvalue weighted by Crippen LogP contribution is 2.29. The van der Waals surface area contributed by atoms with Gasteiger partial charge in [0.05, 0.1) is 17.3 Å². The minimum absolute atomic E-state index is 0.0207. The molecule has 2 aromatic rings. The Morgan fingerprint density at radius 2 is 1.67 bits per heavy atom. The van der Waals surface area contributed by atoms with Crippen LogP contribution in [0.3, 0.4) is 0 Å². The summed E-state index contributed by atoms with van der Waals surface area (Å²) in [5.41, 5.74) is 1.08. The van der Waals surface area contributed by atoms with E-state index < -0.39 is 6.10 Å². The Kier molecular flexibility index (Phi) is 6.45. The molecule has 144 valence electrons. The highest BCUT2D eigenvalue weighted by Gasteiger charge is 2.27. The standard InChI is InChI=1S/C21H25ClN2O3/c1-3-26-20-11-7-5-9-18(20)23-12-14-24(15-13-23)21(25)16(2)27-19-10-6-4-8-17(19)22/h4-11,16H,3,12-15H2,1-2H3. The average molecular weight is 389 g/mol. The van der Waals surface area contributed by atoms with E-state index in [9.17, 15) is 4.79 Å². The van der Waals surface area contributed by atoms with E-state index in [0.29, 0.717) is 30.5 Å². The molecule has 0 bridgehead atoms. The number of piperazine rings is 1. The molecule has 1 fully saturated rings. The lowest BCUT2D eigenvalue weighted by molar-refractivity contribution is -0.138. The Morgan fingerprint density at radius 1 is 1.04 bits per heavy atom. The van der Waals surface area contributed by atoms with Crippen LogP contribution in [0.2, 0.25) is 5.02 Å². The minimum Gasteiger partial charge on any atom is -0.492 e. The molecule has 1 atom stereocenters. The SMILES string of the molecule is CCOc1ccccc1N1CCN(C(=O)C(C)Oc2ccccc2Cl)CC1. The molecule has 0 radical (unpaired) electrons. The van der Waals surface area contributed by atoms with Crippen LogP contribution in [0.4, 0.5) is 5.69 Å². The first kappa shape index (κ1) is 19.4. The Morgan fingerprint density at radius 3 is 2.33 bits per heavy atom. The fraction of sp³-hybridized carbons (Fsp3) is 0.381. The molecule has 1 saturated heterocycles. The molecule has 0 N–H and O–H groups in total. The third-order valence-corrected chi connectivity index (χ3v) is 4.90. The van der Waals surface area contributed by atoms with Gasteiger partial charge >= 0.3 is 0 Å². The number of anilines is 1. The van der Waals surface area contributed by atoms with Crippen molar-refractivity contribution in [2.45, 2.75) is 20.0 Å². The summed E-state index contributed by atoms with van der Waals surface area (Å²) in [5, 5.41) is 0.509. The summed E-state index contributed by atoms with van der Waals surface area (Å²) >= 11 is 6.12. The van der Waals surface area contributed by atoms with Crippen LogP contribution >= 0.6 is 11.6 Å². The second kappa shape index (κ2) is 9.00. The molecule has 0 spiro atoms. The Bertz CT molecular complexity index is 776. The molecule has 6 heteroatoms. The summed E-state index contributed by atoms with van der Waals surface area (Å²) in [6.07, 6.45) is -0.577. The molecular weight excluding hydrogens is 364 g/mol. The molecule has 1 heterocycles. The number of carbonyl (C=O) groups is 1. The largest absolute Gasteiger partial charge is 0.492 e. The molecule has 1 amide bonds. The summed E-state index contributed by atoms with van der Waals surface area (Å²) in [6.45, 7) is 7.19. The lowest BCUT2D eigenvalue weighted by Crippen LogP contribution is -2.52. The maximum atomic E-state index is 12.7. The topological polar surface area (TPSA) is 42.0 Å². The van der Waals surface area contributed by atoms with Crippen molar-refractivity contribution >= 4 is 23.2 Å². The molecule has 0 aliphatic carbocycles. The van der Waals surface area contributed by atoms with E-state index in [-0.39, 0.29) is 5.91 Å². The van der Waals surface area contributed by atoms with Crippen molar-refractivity contribution in [2.75, 3.05) is 37.7 Å². The zero-order valence-corrected chi connectivity index (χ0v) is 16.5. The molecule has 1 aliphatic heterocycles. The fourth-order valence-electron chi connectivity index (χ4n) is 3.20. The maximum Gasteiger partial charge on any atom is 0.263 e.